The molecule has 0 spiro atoms. The van der Waals surface area contributed by atoms with Crippen molar-refractivity contribution in [3.8, 4) is 0 Å². The van der Waals surface area contributed by atoms with E-state index in [4.69, 9.17) is 0 Å². The Hall–Kier alpha value is -1.16. The van der Waals surface area contributed by atoms with E-state index in [1.165, 1.54) is 12.6 Å². The van der Waals surface area contributed by atoms with Crippen LogP contribution in [0.15, 0.2) is 12.3 Å². The minimum absolute atomic E-state index is 0.257. The maximum absolute atomic E-state index is 13.5. The normalized spacial score (nSPS) is 23.4. The summed E-state index contributed by atoms with van der Waals surface area (Å²) in [5, 5.41) is 3.36. The summed E-state index contributed by atoms with van der Waals surface area (Å²) in [4.78, 5) is 6.66. The van der Waals surface area contributed by atoms with E-state index in [1.807, 2.05) is 0 Å². The summed E-state index contributed by atoms with van der Waals surface area (Å²) in [5.74, 6) is 2.09. The van der Waals surface area contributed by atoms with Crippen molar-refractivity contribution in [1.82, 2.24) is 10.3 Å². The fourth-order valence-corrected chi connectivity index (χ4v) is 2.66. The molecule has 0 aromatic carbocycles. The molecule has 3 nitrogen and oxygen atoms in total. The highest BCUT2D eigenvalue weighted by molar-refractivity contribution is 5.47. The van der Waals surface area contributed by atoms with Crippen LogP contribution in [-0.2, 0) is 6.54 Å². The van der Waals surface area contributed by atoms with Crippen LogP contribution in [0.2, 0.25) is 0 Å². The van der Waals surface area contributed by atoms with E-state index in [9.17, 15) is 4.39 Å². The van der Waals surface area contributed by atoms with Gasteiger partial charge in [0.2, 0.25) is 0 Å². The standard InChI is InChI=1S/C16H26FN3/c1-11(2)18-8-14-7-15(17)9-19-16(14)20-6-5-12(3)13(4)10-20/h7,9,11-13,18H,5-6,8,10H2,1-4H3. The molecule has 1 aliphatic rings. The van der Waals surface area contributed by atoms with Gasteiger partial charge in [-0.15, -0.1) is 0 Å². The average molecular weight is 279 g/mol. The minimum Gasteiger partial charge on any atom is -0.356 e. The van der Waals surface area contributed by atoms with Gasteiger partial charge in [-0.05, 0) is 24.3 Å². The number of hydrogen-bond acceptors (Lipinski definition) is 3. The third-order valence-corrected chi connectivity index (χ3v) is 4.24. The molecule has 1 aromatic heterocycles. The molecule has 0 amide bonds. The molecule has 2 unspecified atom stereocenters. The van der Waals surface area contributed by atoms with Crippen molar-refractivity contribution in [1.29, 1.82) is 0 Å². The topological polar surface area (TPSA) is 28.2 Å². The van der Waals surface area contributed by atoms with Gasteiger partial charge in [-0.25, -0.2) is 9.37 Å². The number of anilines is 1. The monoisotopic (exact) mass is 279 g/mol. The molecule has 0 radical (unpaired) electrons. The number of halogens is 1. The van der Waals surface area contributed by atoms with Gasteiger partial charge in [-0.1, -0.05) is 27.7 Å². The zero-order valence-corrected chi connectivity index (χ0v) is 13.0. The van der Waals surface area contributed by atoms with Crippen molar-refractivity contribution in [3.63, 3.8) is 0 Å². The molecule has 1 fully saturated rings. The van der Waals surface area contributed by atoms with E-state index in [2.05, 4.69) is 42.9 Å². The van der Waals surface area contributed by atoms with Gasteiger partial charge in [0.05, 0.1) is 6.20 Å². The zero-order valence-electron chi connectivity index (χ0n) is 13.0. The van der Waals surface area contributed by atoms with E-state index in [-0.39, 0.29) is 5.82 Å². The maximum Gasteiger partial charge on any atom is 0.141 e. The first-order chi connectivity index (χ1) is 9.47. The van der Waals surface area contributed by atoms with Gasteiger partial charge in [-0.2, -0.15) is 0 Å². The Morgan fingerprint density at radius 1 is 1.40 bits per heavy atom. The third kappa shape index (κ3) is 3.69. The third-order valence-electron chi connectivity index (χ3n) is 4.24. The number of pyridine rings is 1. The summed E-state index contributed by atoms with van der Waals surface area (Å²) >= 11 is 0. The molecule has 0 saturated carbocycles. The van der Waals surface area contributed by atoms with Crippen LogP contribution in [-0.4, -0.2) is 24.1 Å². The molecular weight excluding hydrogens is 253 g/mol. The molecule has 1 N–H and O–H groups in total. The van der Waals surface area contributed by atoms with Crippen LogP contribution >= 0.6 is 0 Å². The van der Waals surface area contributed by atoms with Crippen molar-refractivity contribution in [2.45, 2.75) is 46.7 Å². The molecular formula is C16H26FN3. The predicted molar refractivity (Wildman–Crippen MR) is 81.3 cm³/mol. The zero-order chi connectivity index (χ0) is 14.7. The second-order valence-corrected chi connectivity index (χ2v) is 6.36. The lowest BCUT2D eigenvalue weighted by Gasteiger charge is -2.37. The van der Waals surface area contributed by atoms with E-state index in [1.54, 1.807) is 6.07 Å². The summed E-state index contributed by atoms with van der Waals surface area (Å²) in [7, 11) is 0. The molecule has 2 rings (SSSR count). The summed E-state index contributed by atoms with van der Waals surface area (Å²) in [6, 6.07) is 1.99. The Kier molecular flexibility index (Phi) is 4.97. The SMILES string of the molecule is CC(C)NCc1cc(F)cnc1N1CCC(C)C(C)C1. The van der Waals surface area contributed by atoms with Crippen molar-refractivity contribution in [2.75, 3.05) is 18.0 Å². The Bertz CT molecular complexity index is 447. The van der Waals surface area contributed by atoms with Crippen LogP contribution in [0, 0.1) is 17.7 Å². The Labute approximate surface area is 121 Å². The Balaban J connectivity index is 2.17. The maximum atomic E-state index is 13.5. The Morgan fingerprint density at radius 3 is 2.80 bits per heavy atom. The fraction of sp³-hybridized carbons (Fsp3) is 0.688. The summed E-state index contributed by atoms with van der Waals surface area (Å²) in [6.07, 6.45) is 2.51. The average Bonchev–Trinajstić information content (AvgIpc) is 2.40. The second kappa shape index (κ2) is 6.53. The van der Waals surface area contributed by atoms with E-state index in [0.717, 1.165) is 30.4 Å². The lowest BCUT2D eigenvalue weighted by molar-refractivity contribution is 0.322. The largest absolute Gasteiger partial charge is 0.356 e. The predicted octanol–water partition coefficient (Wildman–Crippen LogP) is 3.20. The highest BCUT2D eigenvalue weighted by Crippen LogP contribution is 2.28. The molecule has 20 heavy (non-hydrogen) atoms. The number of nitrogens with zero attached hydrogens (tertiary/aromatic N) is 2. The first kappa shape index (κ1) is 15.2. The van der Waals surface area contributed by atoms with Gasteiger partial charge in [0, 0.05) is 31.2 Å². The van der Waals surface area contributed by atoms with Crippen LogP contribution in [0.3, 0.4) is 0 Å². The Morgan fingerprint density at radius 2 is 2.15 bits per heavy atom. The molecule has 0 bridgehead atoms. The molecule has 1 aliphatic heterocycles. The number of nitrogens with one attached hydrogen (secondary N) is 1. The van der Waals surface area contributed by atoms with Crippen molar-refractivity contribution in [2.24, 2.45) is 11.8 Å². The second-order valence-electron chi connectivity index (χ2n) is 6.36. The number of piperidine rings is 1. The quantitative estimate of drug-likeness (QED) is 0.917. The molecule has 0 aliphatic carbocycles. The number of rotatable bonds is 4. The summed E-state index contributed by atoms with van der Waals surface area (Å²) in [5.41, 5.74) is 0.959. The van der Waals surface area contributed by atoms with Gasteiger partial charge >= 0.3 is 0 Å². The summed E-state index contributed by atoms with van der Waals surface area (Å²) < 4.78 is 13.5. The first-order valence-electron chi connectivity index (χ1n) is 7.60. The fourth-order valence-electron chi connectivity index (χ4n) is 2.66. The van der Waals surface area contributed by atoms with Gasteiger partial charge in [0.1, 0.15) is 11.6 Å². The lowest BCUT2D eigenvalue weighted by Crippen LogP contribution is -2.39. The minimum atomic E-state index is -0.257. The molecule has 2 atom stereocenters. The van der Waals surface area contributed by atoms with Gasteiger partial charge < -0.3 is 10.2 Å². The van der Waals surface area contributed by atoms with Crippen LogP contribution in [0.5, 0.6) is 0 Å². The number of hydrogen-bond donors (Lipinski definition) is 1. The summed E-state index contributed by atoms with van der Waals surface area (Å²) in [6.45, 7) is 11.5. The van der Waals surface area contributed by atoms with Crippen molar-refractivity contribution in [3.05, 3.63) is 23.6 Å². The highest BCUT2D eigenvalue weighted by Gasteiger charge is 2.25. The van der Waals surface area contributed by atoms with Crippen LogP contribution < -0.4 is 10.2 Å². The smallest absolute Gasteiger partial charge is 0.141 e. The number of aromatic nitrogens is 1. The van der Waals surface area contributed by atoms with Gasteiger partial charge in [-0.3, -0.25) is 0 Å². The van der Waals surface area contributed by atoms with Crippen molar-refractivity contribution >= 4 is 5.82 Å². The van der Waals surface area contributed by atoms with Crippen molar-refractivity contribution < 1.29 is 4.39 Å². The van der Waals surface area contributed by atoms with E-state index < -0.39 is 0 Å². The van der Waals surface area contributed by atoms with Gasteiger partial charge in [0.25, 0.3) is 0 Å². The van der Waals surface area contributed by atoms with E-state index in [0.29, 0.717) is 18.5 Å². The molecule has 1 aromatic rings. The van der Waals surface area contributed by atoms with Crippen LogP contribution in [0.25, 0.3) is 0 Å². The molecule has 2 heterocycles. The molecule has 1 saturated heterocycles. The first-order valence-corrected chi connectivity index (χ1v) is 7.60. The molecule has 112 valence electrons. The molecule has 4 heteroatoms. The van der Waals surface area contributed by atoms with Crippen LogP contribution in [0.1, 0.15) is 39.7 Å². The highest BCUT2D eigenvalue weighted by atomic mass is 19.1. The van der Waals surface area contributed by atoms with Crippen LogP contribution in [0.4, 0.5) is 10.2 Å². The van der Waals surface area contributed by atoms with E-state index >= 15 is 0 Å². The van der Waals surface area contributed by atoms with Gasteiger partial charge in [0.15, 0.2) is 0 Å². The lowest BCUT2D eigenvalue weighted by atomic mass is 9.88.